The molecule has 3 rings (SSSR count). The summed E-state index contributed by atoms with van der Waals surface area (Å²) in [6.45, 7) is 0. The molecular weight excluding hydrogens is 341 g/mol. The number of rotatable bonds is 2. The van der Waals surface area contributed by atoms with Crippen molar-refractivity contribution in [1.82, 2.24) is 0 Å². The Morgan fingerprint density at radius 1 is 1.11 bits per heavy atom. The predicted molar refractivity (Wildman–Crippen MR) is 77.4 cm³/mol. The Morgan fingerprint density at radius 3 is 2.78 bits per heavy atom. The third-order valence-electron chi connectivity index (χ3n) is 2.81. The van der Waals surface area contributed by atoms with Gasteiger partial charge in [-0.2, -0.15) is 0 Å². The van der Waals surface area contributed by atoms with E-state index in [2.05, 4.69) is 27.9 Å². The van der Waals surface area contributed by atoms with E-state index in [1.807, 2.05) is 42.5 Å². The molecule has 18 heavy (non-hydrogen) atoms. The first-order valence-electron chi connectivity index (χ1n) is 5.56. The molecule has 0 amide bonds. The van der Waals surface area contributed by atoms with E-state index in [-0.39, 0.29) is 5.97 Å². The van der Waals surface area contributed by atoms with Crippen molar-refractivity contribution in [3.8, 4) is 0 Å². The summed E-state index contributed by atoms with van der Waals surface area (Å²) < 4.78 is 6.46. The van der Waals surface area contributed by atoms with Crippen molar-refractivity contribution in [2.45, 2.75) is 6.23 Å². The molecule has 3 nitrogen and oxygen atoms in total. The molecule has 1 unspecified atom stereocenters. The molecule has 1 heterocycles. The van der Waals surface area contributed by atoms with E-state index in [9.17, 15) is 4.79 Å². The summed E-state index contributed by atoms with van der Waals surface area (Å²) in [7, 11) is 0. The van der Waals surface area contributed by atoms with Crippen LogP contribution in [-0.4, -0.2) is 5.97 Å². The van der Waals surface area contributed by atoms with Crippen LogP contribution in [0.25, 0.3) is 0 Å². The molecule has 0 aliphatic carbocycles. The number of hydrogen-bond acceptors (Lipinski definition) is 3. The van der Waals surface area contributed by atoms with E-state index in [1.165, 1.54) is 0 Å². The Hall–Kier alpha value is -1.56. The van der Waals surface area contributed by atoms with Crippen molar-refractivity contribution in [3.05, 3.63) is 63.2 Å². The van der Waals surface area contributed by atoms with Crippen LogP contribution in [0.1, 0.15) is 22.1 Å². The zero-order chi connectivity index (χ0) is 12.5. The zero-order valence-corrected chi connectivity index (χ0v) is 11.5. The second-order valence-electron chi connectivity index (χ2n) is 4.03. The van der Waals surface area contributed by atoms with Gasteiger partial charge < -0.3 is 10.1 Å². The molecule has 0 aromatic heterocycles. The van der Waals surface area contributed by atoms with Gasteiger partial charge in [-0.1, -0.05) is 24.3 Å². The lowest BCUT2D eigenvalue weighted by atomic mass is 10.1. The number of benzene rings is 2. The van der Waals surface area contributed by atoms with E-state index in [0.717, 1.165) is 14.8 Å². The average Bonchev–Trinajstić information content (AvgIpc) is 2.67. The third kappa shape index (κ3) is 2.08. The van der Waals surface area contributed by atoms with Gasteiger partial charge in [-0.05, 0) is 46.9 Å². The van der Waals surface area contributed by atoms with Gasteiger partial charge in [0, 0.05) is 14.8 Å². The molecule has 1 aliphatic heterocycles. The van der Waals surface area contributed by atoms with E-state index in [0.29, 0.717) is 5.56 Å². The van der Waals surface area contributed by atoms with Crippen molar-refractivity contribution in [1.29, 1.82) is 0 Å². The minimum absolute atomic E-state index is 0.270. The van der Waals surface area contributed by atoms with Crippen LogP contribution in [0.4, 0.5) is 5.69 Å². The first kappa shape index (κ1) is 11.5. The molecule has 2 aromatic carbocycles. The van der Waals surface area contributed by atoms with E-state index >= 15 is 0 Å². The average molecular weight is 351 g/mol. The Balaban J connectivity index is 1.90. The Labute approximate surface area is 118 Å². The lowest BCUT2D eigenvalue weighted by Gasteiger charge is -2.14. The molecule has 0 fully saturated rings. The number of ether oxygens (including phenoxy) is 1. The topological polar surface area (TPSA) is 38.3 Å². The maximum absolute atomic E-state index is 11.7. The molecular formula is C14H10INO2. The summed E-state index contributed by atoms with van der Waals surface area (Å²) in [4.78, 5) is 11.7. The maximum atomic E-state index is 11.7. The van der Waals surface area contributed by atoms with Gasteiger partial charge in [0.1, 0.15) is 0 Å². The van der Waals surface area contributed by atoms with Crippen LogP contribution in [0, 0.1) is 3.57 Å². The monoisotopic (exact) mass is 351 g/mol. The smallest absolute Gasteiger partial charge is 0.340 e. The normalized spacial score (nSPS) is 17.2. The number of fused-ring (bicyclic) bond motifs is 1. The lowest BCUT2D eigenvalue weighted by Crippen LogP contribution is -2.10. The minimum atomic E-state index is -0.396. The summed E-state index contributed by atoms with van der Waals surface area (Å²) in [5, 5.41) is 3.22. The molecule has 0 radical (unpaired) electrons. The fraction of sp³-hybridized carbons (Fsp3) is 0.0714. The highest BCUT2D eigenvalue weighted by atomic mass is 127. The second kappa shape index (κ2) is 4.61. The van der Waals surface area contributed by atoms with Gasteiger partial charge in [0.25, 0.3) is 0 Å². The quantitative estimate of drug-likeness (QED) is 0.664. The Bertz CT molecular complexity index is 612. The van der Waals surface area contributed by atoms with Gasteiger partial charge in [0.05, 0.1) is 5.56 Å². The molecule has 0 bridgehead atoms. The zero-order valence-electron chi connectivity index (χ0n) is 9.39. The first-order chi connectivity index (χ1) is 8.74. The fourth-order valence-electron chi connectivity index (χ4n) is 1.98. The molecule has 2 aromatic rings. The van der Waals surface area contributed by atoms with Crippen LogP contribution in [-0.2, 0) is 4.74 Å². The van der Waals surface area contributed by atoms with Gasteiger partial charge in [0.15, 0.2) is 0 Å². The number of esters is 1. The predicted octanol–water partition coefficient (Wildman–Crippen LogP) is 3.57. The van der Waals surface area contributed by atoms with Gasteiger partial charge in [-0.15, -0.1) is 0 Å². The summed E-state index contributed by atoms with van der Waals surface area (Å²) >= 11 is 2.25. The molecule has 4 heteroatoms. The highest BCUT2D eigenvalue weighted by Gasteiger charge is 2.30. The molecule has 1 N–H and O–H groups in total. The number of hydrogen-bond donors (Lipinski definition) is 1. The van der Waals surface area contributed by atoms with Crippen LogP contribution in [0.5, 0.6) is 0 Å². The lowest BCUT2D eigenvalue weighted by molar-refractivity contribution is 0.0437. The standard InChI is InChI=1S/C14H10INO2/c15-9-4-3-5-10(8-9)16-13-11-6-1-2-7-12(11)14(17)18-13/h1-8,13,16H. The van der Waals surface area contributed by atoms with Crippen LogP contribution in [0.2, 0.25) is 0 Å². The van der Waals surface area contributed by atoms with Gasteiger partial charge in [0.2, 0.25) is 6.23 Å². The molecule has 0 saturated carbocycles. The van der Waals surface area contributed by atoms with Crippen molar-refractivity contribution >= 4 is 34.2 Å². The second-order valence-corrected chi connectivity index (χ2v) is 5.27. The van der Waals surface area contributed by atoms with Crippen LogP contribution in [0.15, 0.2) is 48.5 Å². The molecule has 90 valence electrons. The van der Waals surface area contributed by atoms with E-state index < -0.39 is 6.23 Å². The Morgan fingerprint density at radius 2 is 1.94 bits per heavy atom. The molecule has 0 spiro atoms. The minimum Gasteiger partial charge on any atom is -0.434 e. The van der Waals surface area contributed by atoms with Crippen molar-refractivity contribution in [2.24, 2.45) is 0 Å². The Kier molecular flexibility index (Phi) is 2.95. The number of halogens is 1. The van der Waals surface area contributed by atoms with Crippen molar-refractivity contribution in [2.75, 3.05) is 5.32 Å². The molecule has 1 aliphatic rings. The van der Waals surface area contributed by atoms with Crippen molar-refractivity contribution < 1.29 is 9.53 Å². The summed E-state index contributed by atoms with van der Waals surface area (Å²) in [6, 6.07) is 15.4. The molecule has 0 saturated heterocycles. The first-order valence-corrected chi connectivity index (χ1v) is 6.64. The maximum Gasteiger partial charge on any atom is 0.340 e. The molecule has 1 atom stereocenters. The van der Waals surface area contributed by atoms with Crippen molar-refractivity contribution in [3.63, 3.8) is 0 Å². The number of nitrogens with one attached hydrogen (secondary N) is 1. The largest absolute Gasteiger partial charge is 0.434 e. The SMILES string of the molecule is O=C1OC(Nc2cccc(I)c2)c2ccccc21. The van der Waals surface area contributed by atoms with Gasteiger partial charge >= 0.3 is 5.97 Å². The highest BCUT2D eigenvalue weighted by Crippen LogP contribution is 2.31. The van der Waals surface area contributed by atoms with Crippen LogP contribution >= 0.6 is 22.6 Å². The number of cyclic esters (lactones) is 1. The number of carbonyl (C=O) groups excluding carboxylic acids is 1. The summed E-state index contributed by atoms with van der Waals surface area (Å²) in [5.41, 5.74) is 2.47. The number of anilines is 1. The summed E-state index contributed by atoms with van der Waals surface area (Å²) in [5.74, 6) is -0.270. The fourth-order valence-corrected chi connectivity index (χ4v) is 2.53. The highest BCUT2D eigenvalue weighted by molar-refractivity contribution is 14.1. The van der Waals surface area contributed by atoms with Crippen LogP contribution < -0.4 is 5.32 Å². The van der Waals surface area contributed by atoms with E-state index in [4.69, 9.17) is 4.74 Å². The van der Waals surface area contributed by atoms with Gasteiger partial charge in [-0.3, -0.25) is 0 Å². The summed E-state index contributed by atoms with van der Waals surface area (Å²) in [6.07, 6.45) is -0.396. The van der Waals surface area contributed by atoms with Gasteiger partial charge in [-0.25, -0.2) is 4.79 Å². The van der Waals surface area contributed by atoms with Crippen LogP contribution in [0.3, 0.4) is 0 Å². The van der Waals surface area contributed by atoms with E-state index in [1.54, 1.807) is 6.07 Å². The third-order valence-corrected chi connectivity index (χ3v) is 3.48. The number of carbonyl (C=O) groups is 1.